The van der Waals surface area contributed by atoms with E-state index in [1.165, 1.54) is 0 Å². The van der Waals surface area contributed by atoms with Gasteiger partial charge in [0.1, 0.15) is 0 Å². The highest BCUT2D eigenvalue weighted by atomic mass is 16.4. The Morgan fingerprint density at radius 3 is 1.04 bits per heavy atom. The first-order valence-corrected chi connectivity index (χ1v) is 6.53. The van der Waals surface area contributed by atoms with Crippen LogP contribution < -0.4 is 0 Å². The first-order valence-electron chi connectivity index (χ1n) is 6.53. The molecule has 8 nitrogen and oxygen atoms in total. The third kappa shape index (κ3) is 19.9. The molecule has 0 aromatic carbocycles. The number of aliphatic carboxylic acids is 2. The average molecular weight is 332 g/mol. The second-order valence-electron chi connectivity index (χ2n) is 4.33. The smallest absolute Gasteiger partial charge is 0.304 e. The molecule has 0 spiro atoms. The monoisotopic (exact) mass is 332 g/mol. The van der Waals surface area contributed by atoms with Crippen molar-refractivity contribution in [1.82, 2.24) is 0 Å². The van der Waals surface area contributed by atoms with Crippen molar-refractivity contribution < 1.29 is 40.2 Å². The second-order valence-corrected chi connectivity index (χ2v) is 4.33. The van der Waals surface area contributed by atoms with Gasteiger partial charge in [0.2, 0.25) is 0 Å². The van der Waals surface area contributed by atoms with Gasteiger partial charge >= 0.3 is 11.9 Å². The molecule has 23 heavy (non-hydrogen) atoms. The van der Waals surface area contributed by atoms with Gasteiger partial charge in [-0.2, -0.15) is 0 Å². The van der Waals surface area contributed by atoms with Crippen LogP contribution in [0, 0.1) is 30.1 Å². The molecule has 132 valence electrons. The number of hydrogen-bond acceptors (Lipinski definition) is 6. The molecule has 0 aliphatic carbocycles. The summed E-state index contributed by atoms with van der Waals surface area (Å²) in [4.78, 5) is 19.3. The van der Waals surface area contributed by atoms with E-state index in [0.717, 1.165) is 0 Å². The number of carboxylic acids is 2. The Morgan fingerprint density at radius 2 is 1.00 bits per heavy atom. The van der Waals surface area contributed by atoms with Crippen molar-refractivity contribution in [2.45, 2.75) is 25.7 Å². The fourth-order valence-electron chi connectivity index (χ4n) is 0.658. The number of carbonyl (C=O) groups is 2. The summed E-state index contributed by atoms with van der Waals surface area (Å²) in [5, 5.41) is 49.9. The molecule has 0 aliphatic rings. The van der Waals surface area contributed by atoms with E-state index in [4.69, 9.17) is 43.5 Å². The number of carboxylic acid groups (broad SMARTS) is 2. The number of aliphatic hydroxyl groups is 4. The molecule has 0 saturated heterocycles. The predicted octanol–water partition coefficient (Wildman–Crippen LogP) is -1.09. The Balaban J connectivity index is -0.000000264. The summed E-state index contributed by atoms with van der Waals surface area (Å²) in [7, 11) is 0. The normalized spacial score (nSPS) is 9.13. The van der Waals surface area contributed by atoms with Gasteiger partial charge in [0.05, 0.1) is 44.7 Å². The summed E-state index contributed by atoms with van der Waals surface area (Å²) in [6.45, 7) is -1.62. The summed E-state index contributed by atoms with van der Waals surface area (Å²) in [6.07, 6.45) is 10.3. The molecule has 0 rings (SSSR count). The third-order valence-corrected chi connectivity index (χ3v) is 2.31. The maximum Gasteiger partial charge on any atom is 0.304 e. The van der Waals surface area contributed by atoms with E-state index in [2.05, 4.69) is 11.8 Å². The highest BCUT2D eigenvalue weighted by molar-refractivity contribution is 5.67. The quantitative estimate of drug-likeness (QED) is 0.306. The standard InChI is InChI=1S/C5H12O4.2C5H6O2/c6-1-5(2-7,3-8)4-9;2*1-2-3-4-5(6)7/h6-9H,1-4H2;2*1H,3-4H2,(H,6,7). The predicted molar refractivity (Wildman–Crippen MR) is 82.2 cm³/mol. The van der Waals surface area contributed by atoms with Gasteiger partial charge in [0.15, 0.2) is 0 Å². The third-order valence-electron chi connectivity index (χ3n) is 2.31. The maximum absolute atomic E-state index is 9.66. The maximum atomic E-state index is 9.66. The molecular weight excluding hydrogens is 308 g/mol. The van der Waals surface area contributed by atoms with Crippen molar-refractivity contribution in [3.63, 3.8) is 0 Å². The van der Waals surface area contributed by atoms with E-state index in [1.807, 2.05) is 0 Å². The lowest BCUT2D eigenvalue weighted by atomic mass is 9.93. The van der Waals surface area contributed by atoms with Crippen LogP contribution in [0.15, 0.2) is 0 Å². The topological polar surface area (TPSA) is 156 Å². The van der Waals surface area contributed by atoms with Crippen LogP contribution in [0.4, 0.5) is 0 Å². The molecule has 0 aromatic heterocycles. The lowest BCUT2D eigenvalue weighted by Gasteiger charge is -2.23. The lowest BCUT2D eigenvalue weighted by molar-refractivity contribution is -0.137. The molecule has 0 heterocycles. The summed E-state index contributed by atoms with van der Waals surface area (Å²) < 4.78 is 0. The van der Waals surface area contributed by atoms with Crippen molar-refractivity contribution in [2.24, 2.45) is 5.41 Å². The molecule has 0 aliphatic heterocycles. The van der Waals surface area contributed by atoms with Gasteiger partial charge in [-0.1, -0.05) is 0 Å². The van der Waals surface area contributed by atoms with Gasteiger partial charge in [0.25, 0.3) is 0 Å². The van der Waals surface area contributed by atoms with Crippen molar-refractivity contribution in [1.29, 1.82) is 0 Å². The van der Waals surface area contributed by atoms with Crippen LogP contribution in [0.2, 0.25) is 0 Å². The highest BCUT2D eigenvalue weighted by Gasteiger charge is 2.26. The molecule has 0 aromatic rings. The molecule has 0 bridgehead atoms. The molecule has 0 amide bonds. The van der Waals surface area contributed by atoms with E-state index < -0.39 is 43.8 Å². The molecule has 8 heteroatoms. The summed E-state index contributed by atoms with van der Waals surface area (Å²) in [5.41, 5.74) is -1.11. The Labute approximate surface area is 135 Å². The van der Waals surface area contributed by atoms with Gasteiger partial charge in [-0.15, -0.1) is 24.7 Å². The van der Waals surface area contributed by atoms with E-state index >= 15 is 0 Å². The van der Waals surface area contributed by atoms with E-state index in [0.29, 0.717) is 12.8 Å². The Kier molecular flexibility index (Phi) is 20.2. The Bertz CT molecular complexity index is 342. The van der Waals surface area contributed by atoms with Gasteiger partial charge in [-0.05, 0) is 0 Å². The van der Waals surface area contributed by atoms with Crippen molar-refractivity contribution in [3.05, 3.63) is 0 Å². The fourth-order valence-corrected chi connectivity index (χ4v) is 0.658. The largest absolute Gasteiger partial charge is 0.481 e. The van der Waals surface area contributed by atoms with E-state index in [-0.39, 0.29) is 12.8 Å². The molecule has 0 unspecified atom stereocenters. The first kappa shape index (κ1) is 25.8. The summed E-state index contributed by atoms with van der Waals surface area (Å²) in [5.74, 6) is 2.77. The van der Waals surface area contributed by atoms with Gasteiger partial charge in [0, 0.05) is 12.8 Å². The Morgan fingerprint density at radius 1 is 0.739 bits per heavy atom. The minimum atomic E-state index is -1.11. The van der Waals surface area contributed by atoms with Crippen LogP contribution in [0.25, 0.3) is 0 Å². The van der Waals surface area contributed by atoms with Gasteiger partial charge in [-0.25, -0.2) is 0 Å². The fraction of sp³-hybridized carbons (Fsp3) is 0.600. The van der Waals surface area contributed by atoms with Crippen LogP contribution in [0.5, 0.6) is 0 Å². The zero-order chi connectivity index (χ0) is 18.7. The zero-order valence-corrected chi connectivity index (χ0v) is 12.8. The van der Waals surface area contributed by atoms with Gasteiger partial charge < -0.3 is 30.6 Å². The van der Waals surface area contributed by atoms with Crippen LogP contribution >= 0.6 is 0 Å². The zero-order valence-electron chi connectivity index (χ0n) is 12.8. The molecule has 0 atom stereocenters. The average Bonchev–Trinajstić information content (AvgIpc) is 2.55. The van der Waals surface area contributed by atoms with Crippen LogP contribution in [-0.4, -0.2) is 69.0 Å². The van der Waals surface area contributed by atoms with Crippen LogP contribution in [0.1, 0.15) is 25.7 Å². The minimum Gasteiger partial charge on any atom is -0.481 e. The van der Waals surface area contributed by atoms with Crippen LogP contribution in [-0.2, 0) is 9.59 Å². The summed E-state index contributed by atoms with van der Waals surface area (Å²) >= 11 is 0. The number of terminal acetylenes is 2. The van der Waals surface area contributed by atoms with Crippen LogP contribution in [0.3, 0.4) is 0 Å². The van der Waals surface area contributed by atoms with E-state index in [1.54, 1.807) is 0 Å². The number of aliphatic hydroxyl groups excluding tert-OH is 4. The number of rotatable bonds is 8. The SMILES string of the molecule is C#CCCC(=O)O.C#CCCC(=O)O.OCC(CO)(CO)CO. The Hall–Kier alpha value is -2.10. The lowest BCUT2D eigenvalue weighted by Crippen LogP contribution is -2.37. The van der Waals surface area contributed by atoms with Crippen molar-refractivity contribution in [3.8, 4) is 24.7 Å². The van der Waals surface area contributed by atoms with Crippen molar-refractivity contribution >= 4 is 11.9 Å². The second kappa shape index (κ2) is 18.0. The molecule has 0 saturated carbocycles. The summed E-state index contributed by atoms with van der Waals surface area (Å²) in [6, 6.07) is 0. The molecule has 6 N–H and O–H groups in total. The molecule has 0 radical (unpaired) electrons. The highest BCUT2D eigenvalue weighted by Crippen LogP contribution is 2.11. The first-order chi connectivity index (χ1) is 10.8. The minimum absolute atomic E-state index is 0.0799. The van der Waals surface area contributed by atoms with Gasteiger partial charge in [-0.3, -0.25) is 9.59 Å². The number of hydrogen-bond donors (Lipinski definition) is 6. The molecule has 0 fully saturated rings. The van der Waals surface area contributed by atoms with E-state index in [9.17, 15) is 9.59 Å². The molecular formula is C15H24O8. The van der Waals surface area contributed by atoms with Crippen molar-refractivity contribution in [2.75, 3.05) is 26.4 Å².